The highest BCUT2D eigenvalue weighted by atomic mass is 16.5. The molecule has 0 unspecified atom stereocenters. The van der Waals surface area contributed by atoms with Gasteiger partial charge >= 0.3 is 6.03 Å². The molecule has 9 nitrogen and oxygen atoms in total. The number of carbonyl (C=O) groups is 3. The number of hydrogen-bond donors (Lipinski definition) is 2. The van der Waals surface area contributed by atoms with Crippen LogP contribution in [0.15, 0.2) is 18.2 Å². The number of methoxy groups -OCH3 is 1. The molecule has 9 heteroatoms. The molecule has 32 heavy (non-hydrogen) atoms. The molecule has 1 spiro atoms. The Morgan fingerprint density at radius 2 is 1.91 bits per heavy atom. The van der Waals surface area contributed by atoms with Crippen molar-refractivity contribution in [1.29, 1.82) is 0 Å². The van der Waals surface area contributed by atoms with E-state index in [0.29, 0.717) is 36.6 Å². The molecule has 2 aliphatic rings. The Balaban J connectivity index is 1.54. The smallest absolute Gasteiger partial charge is 0.325 e. The summed E-state index contributed by atoms with van der Waals surface area (Å²) in [7, 11) is 1.57. The first kappa shape index (κ1) is 23.8. The number of amides is 4. The number of hydrogen-bond acceptors (Lipinski definition) is 6. The molecular weight excluding hydrogens is 412 g/mol. The van der Waals surface area contributed by atoms with Gasteiger partial charge in [-0.3, -0.25) is 14.5 Å². The van der Waals surface area contributed by atoms with E-state index in [-0.39, 0.29) is 24.8 Å². The molecule has 3 rings (SSSR count). The van der Waals surface area contributed by atoms with E-state index in [1.165, 1.54) is 4.90 Å². The topological polar surface area (TPSA) is 100 Å². The van der Waals surface area contributed by atoms with Crippen molar-refractivity contribution in [1.82, 2.24) is 15.1 Å². The molecule has 1 aliphatic heterocycles. The summed E-state index contributed by atoms with van der Waals surface area (Å²) in [6.07, 6.45) is 3.22. The van der Waals surface area contributed by atoms with Gasteiger partial charge in [-0.05, 0) is 38.1 Å². The van der Waals surface area contributed by atoms with Gasteiger partial charge in [0.25, 0.3) is 5.91 Å². The maximum absolute atomic E-state index is 12.7. The highest BCUT2D eigenvalue weighted by Crippen LogP contribution is 2.35. The minimum absolute atomic E-state index is 0.0272. The van der Waals surface area contributed by atoms with Crippen LogP contribution in [0.4, 0.5) is 10.5 Å². The number of ether oxygens (including phenoxy) is 2. The van der Waals surface area contributed by atoms with Crippen molar-refractivity contribution in [2.45, 2.75) is 51.5 Å². The number of nitrogens with zero attached hydrogens (tertiary/aromatic N) is 2. The largest absolute Gasteiger partial charge is 0.493 e. The van der Waals surface area contributed by atoms with Crippen LogP contribution in [0.5, 0.6) is 11.5 Å². The second-order valence-electron chi connectivity index (χ2n) is 8.22. The maximum Gasteiger partial charge on any atom is 0.325 e. The van der Waals surface area contributed by atoms with Gasteiger partial charge < -0.3 is 25.0 Å². The lowest BCUT2D eigenvalue weighted by Crippen LogP contribution is -2.44. The van der Waals surface area contributed by atoms with Crippen LogP contribution in [0.3, 0.4) is 0 Å². The third-order valence-corrected chi connectivity index (χ3v) is 6.27. The fourth-order valence-corrected chi connectivity index (χ4v) is 4.33. The summed E-state index contributed by atoms with van der Waals surface area (Å²) in [5, 5.41) is 5.65. The van der Waals surface area contributed by atoms with E-state index in [4.69, 9.17) is 9.47 Å². The second kappa shape index (κ2) is 10.7. The van der Waals surface area contributed by atoms with Gasteiger partial charge in [-0.15, -0.1) is 0 Å². The molecule has 0 radical (unpaired) electrons. The molecule has 1 heterocycles. The highest BCUT2D eigenvalue weighted by molar-refractivity contribution is 6.07. The normalized spacial score (nSPS) is 17.2. The van der Waals surface area contributed by atoms with Crippen molar-refractivity contribution in [3.05, 3.63) is 18.2 Å². The van der Waals surface area contributed by atoms with Crippen LogP contribution in [0.25, 0.3) is 0 Å². The Kier molecular flexibility index (Phi) is 7.95. The van der Waals surface area contributed by atoms with E-state index < -0.39 is 11.6 Å². The van der Waals surface area contributed by atoms with E-state index >= 15 is 0 Å². The molecule has 1 saturated carbocycles. The van der Waals surface area contributed by atoms with Crippen molar-refractivity contribution < 1.29 is 23.9 Å². The van der Waals surface area contributed by atoms with Crippen LogP contribution in [-0.4, -0.2) is 73.1 Å². The van der Waals surface area contributed by atoms with Crippen molar-refractivity contribution >= 4 is 23.5 Å². The minimum Gasteiger partial charge on any atom is -0.493 e. The fourth-order valence-electron chi connectivity index (χ4n) is 4.33. The zero-order chi connectivity index (χ0) is 23.1. The van der Waals surface area contributed by atoms with E-state index in [1.54, 1.807) is 25.3 Å². The first-order chi connectivity index (χ1) is 15.4. The lowest BCUT2D eigenvalue weighted by atomic mass is 9.98. The van der Waals surface area contributed by atoms with E-state index in [2.05, 4.69) is 29.4 Å². The second-order valence-corrected chi connectivity index (χ2v) is 8.22. The van der Waals surface area contributed by atoms with E-state index in [0.717, 1.165) is 32.5 Å². The summed E-state index contributed by atoms with van der Waals surface area (Å²) in [6, 6.07) is 4.79. The van der Waals surface area contributed by atoms with Gasteiger partial charge in [-0.1, -0.05) is 26.7 Å². The third kappa shape index (κ3) is 5.32. The maximum atomic E-state index is 12.7. The SMILES string of the molecule is CCN(CC)CCOc1cc(NC(=O)CCN2C(=O)NC3(CCCC3)C2=O)ccc1OC. The Morgan fingerprint density at radius 3 is 2.56 bits per heavy atom. The summed E-state index contributed by atoms with van der Waals surface area (Å²) in [5.74, 6) is 0.650. The quantitative estimate of drug-likeness (QED) is 0.507. The number of imide groups is 1. The number of benzene rings is 1. The summed E-state index contributed by atoms with van der Waals surface area (Å²) in [5.41, 5.74) is -0.181. The van der Waals surface area contributed by atoms with Gasteiger partial charge in [-0.2, -0.15) is 0 Å². The van der Waals surface area contributed by atoms with Gasteiger partial charge in [0.05, 0.1) is 7.11 Å². The number of anilines is 1. The Morgan fingerprint density at radius 1 is 1.19 bits per heavy atom. The molecule has 2 N–H and O–H groups in total. The molecule has 2 fully saturated rings. The Bertz CT molecular complexity index is 834. The van der Waals surface area contributed by atoms with Crippen LogP contribution < -0.4 is 20.1 Å². The van der Waals surface area contributed by atoms with Crippen LogP contribution in [0, 0.1) is 0 Å². The van der Waals surface area contributed by atoms with Crippen molar-refractivity contribution in [3.8, 4) is 11.5 Å². The molecule has 0 aromatic heterocycles. The molecule has 1 aliphatic carbocycles. The molecule has 0 atom stereocenters. The van der Waals surface area contributed by atoms with Crippen molar-refractivity contribution in [2.24, 2.45) is 0 Å². The van der Waals surface area contributed by atoms with E-state index in [1.807, 2.05) is 0 Å². The van der Waals surface area contributed by atoms with Gasteiger partial charge in [0.1, 0.15) is 12.1 Å². The lowest BCUT2D eigenvalue weighted by molar-refractivity contribution is -0.131. The van der Waals surface area contributed by atoms with E-state index in [9.17, 15) is 14.4 Å². The molecule has 4 amide bonds. The number of urea groups is 1. The number of carbonyl (C=O) groups excluding carboxylic acids is 3. The highest BCUT2D eigenvalue weighted by Gasteiger charge is 2.52. The van der Waals surface area contributed by atoms with Crippen LogP contribution in [0.2, 0.25) is 0 Å². The van der Waals surface area contributed by atoms with Crippen LogP contribution >= 0.6 is 0 Å². The van der Waals surface area contributed by atoms with Crippen molar-refractivity contribution in [3.63, 3.8) is 0 Å². The Labute approximate surface area is 189 Å². The van der Waals surface area contributed by atoms with Crippen molar-refractivity contribution in [2.75, 3.05) is 45.2 Å². The minimum atomic E-state index is -0.749. The molecule has 1 saturated heterocycles. The average molecular weight is 447 g/mol. The number of rotatable bonds is 11. The zero-order valence-electron chi connectivity index (χ0n) is 19.2. The number of nitrogens with one attached hydrogen (secondary N) is 2. The summed E-state index contributed by atoms with van der Waals surface area (Å²) in [6.45, 7) is 7.46. The Hall–Kier alpha value is -2.81. The van der Waals surface area contributed by atoms with Gasteiger partial charge in [-0.25, -0.2) is 4.79 Å². The van der Waals surface area contributed by atoms with Gasteiger partial charge in [0.15, 0.2) is 11.5 Å². The molecule has 176 valence electrons. The zero-order valence-corrected chi connectivity index (χ0v) is 19.2. The fraction of sp³-hybridized carbons (Fsp3) is 0.609. The summed E-state index contributed by atoms with van der Waals surface area (Å²) in [4.78, 5) is 40.9. The van der Waals surface area contributed by atoms with Crippen LogP contribution in [-0.2, 0) is 9.59 Å². The van der Waals surface area contributed by atoms with Gasteiger partial charge in [0, 0.05) is 31.3 Å². The first-order valence-corrected chi connectivity index (χ1v) is 11.4. The number of likely N-dealkylation sites (N-methyl/N-ethyl adjacent to an activating group) is 1. The third-order valence-electron chi connectivity index (χ3n) is 6.27. The molecular formula is C23H34N4O5. The molecule has 1 aromatic carbocycles. The average Bonchev–Trinajstić information content (AvgIpc) is 3.34. The monoisotopic (exact) mass is 446 g/mol. The molecule has 0 bridgehead atoms. The summed E-state index contributed by atoms with van der Waals surface area (Å²) < 4.78 is 11.2. The van der Waals surface area contributed by atoms with Gasteiger partial charge in [0.2, 0.25) is 5.91 Å². The first-order valence-electron chi connectivity index (χ1n) is 11.4. The van der Waals surface area contributed by atoms with Crippen LogP contribution in [0.1, 0.15) is 46.0 Å². The predicted molar refractivity (Wildman–Crippen MR) is 121 cm³/mol. The molecule has 1 aromatic rings. The summed E-state index contributed by atoms with van der Waals surface area (Å²) >= 11 is 0. The standard InChI is InChI=1S/C23H34N4O5/c1-4-26(5-2)14-15-32-19-16-17(8-9-18(19)31-3)24-20(28)10-13-27-21(29)23(25-22(27)30)11-6-7-12-23/h8-9,16H,4-7,10-15H2,1-3H3,(H,24,28)(H,25,30). The predicted octanol–water partition coefficient (Wildman–Crippen LogP) is 2.61. The lowest BCUT2D eigenvalue weighted by Gasteiger charge is -2.20.